The van der Waals surface area contributed by atoms with E-state index in [-0.39, 0.29) is 10.6 Å². The van der Waals surface area contributed by atoms with Gasteiger partial charge in [-0.3, -0.25) is 4.79 Å². The first-order chi connectivity index (χ1) is 9.43. The van der Waals surface area contributed by atoms with Gasteiger partial charge in [-0.05, 0) is 30.9 Å². The normalized spacial score (nSPS) is 20.9. The van der Waals surface area contributed by atoms with Gasteiger partial charge in [0.1, 0.15) is 4.21 Å². The van der Waals surface area contributed by atoms with E-state index in [4.69, 9.17) is 5.11 Å². The summed E-state index contributed by atoms with van der Waals surface area (Å²) < 4.78 is 26.9. The maximum absolute atomic E-state index is 12.5. The Bertz CT molecular complexity index is 579. The Morgan fingerprint density at radius 3 is 2.90 bits per heavy atom. The van der Waals surface area contributed by atoms with Crippen LogP contribution in [0.3, 0.4) is 0 Å². The van der Waals surface area contributed by atoms with Crippen LogP contribution in [0.1, 0.15) is 31.1 Å². The van der Waals surface area contributed by atoms with Crippen molar-refractivity contribution in [3.8, 4) is 0 Å². The van der Waals surface area contributed by atoms with Crippen LogP contribution in [0.5, 0.6) is 0 Å². The third-order valence-corrected chi connectivity index (χ3v) is 7.03. The Balaban J connectivity index is 2.17. The van der Waals surface area contributed by atoms with Gasteiger partial charge in [0, 0.05) is 18.0 Å². The summed E-state index contributed by atoms with van der Waals surface area (Å²) in [5.41, 5.74) is 0. The van der Waals surface area contributed by atoms with Crippen LogP contribution in [0.25, 0.3) is 0 Å². The molecule has 1 N–H and O–H groups in total. The number of thiophene rings is 1. The van der Waals surface area contributed by atoms with E-state index in [1.165, 1.54) is 6.07 Å². The van der Waals surface area contributed by atoms with E-state index >= 15 is 0 Å². The Hall–Kier alpha value is -0.920. The van der Waals surface area contributed by atoms with E-state index in [2.05, 4.69) is 6.92 Å². The van der Waals surface area contributed by atoms with E-state index in [1.807, 2.05) is 0 Å². The first kappa shape index (κ1) is 15.5. The molecule has 2 rings (SSSR count). The summed E-state index contributed by atoms with van der Waals surface area (Å²) in [4.78, 5) is 11.2. The largest absolute Gasteiger partial charge is 0.481 e. The number of hydrogen-bond donors (Lipinski definition) is 1. The molecule has 112 valence electrons. The van der Waals surface area contributed by atoms with Crippen molar-refractivity contribution >= 4 is 27.3 Å². The monoisotopic (exact) mass is 317 g/mol. The van der Waals surface area contributed by atoms with Crippen molar-refractivity contribution in [2.75, 3.05) is 13.1 Å². The van der Waals surface area contributed by atoms with Crippen LogP contribution in [-0.2, 0) is 21.2 Å². The summed E-state index contributed by atoms with van der Waals surface area (Å²) in [6, 6.07) is 3.11. The molecule has 0 aliphatic carbocycles. The average Bonchev–Trinajstić information content (AvgIpc) is 2.87. The quantitative estimate of drug-likeness (QED) is 0.903. The molecule has 0 bridgehead atoms. The topological polar surface area (TPSA) is 74.7 Å². The maximum Gasteiger partial charge on any atom is 0.308 e. The van der Waals surface area contributed by atoms with Crippen molar-refractivity contribution in [2.45, 2.75) is 36.8 Å². The molecule has 1 aromatic rings. The molecule has 7 heteroatoms. The Labute approximate surface area is 123 Å². The van der Waals surface area contributed by atoms with Gasteiger partial charge < -0.3 is 5.11 Å². The molecule has 1 saturated heterocycles. The zero-order valence-electron chi connectivity index (χ0n) is 11.4. The minimum absolute atomic E-state index is 0.127. The van der Waals surface area contributed by atoms with Crippen LogP contribution in [-0.4, -0.2) is 36.9 Å². The second-order valence-electron chi connectivity index (χ2n) is 5.07. The standard InChI is InChI=1S/C13H19NO4S2/c1-2-10-4-3-7-14(9-10)20(17,18)13-6-5-11(19-13)8-12(15)16/h5-6,10H,2-4,7-9H2,1H3,(H,15,16). The number of nitrogens with zero attached hydrogens (tertiary/aromatic N) is 1. The molecule has 1 fully saturated rings. The summed E-state index contributed by atoms with van der Waals surface area (Å²) in [5.74, 6) is -0.517. The lowest BCUT2D eigenvalue weighted by molar-refractivity contribution is -0.136. The van der Waals surface area contributed by atoms with Crippen molar-refractivity contribution in [3.05, 3.63) is 17.0 Å². The zero-order chi connectivity index (χ0) is 14.8. The summed E-state index contributed by atoms with van der Waals surface area (Å²) in [6.45, 7) is 3.22. The molecule has 1 unspecified atom stereocenters. The third kappa shape index (κ3) is 3.39. The Morgan fingerprint density at radius 2 is 2.25 bits per heavy atom. The second kappa shape index (κ2) is 6.24. The number of aliphatic carboxylic acids is 1. The molecule has 1 aliphatic rings. The molecular weight excluding hydrogens is 298 g/mol. The molecule has 0 spiro atoms. The van der Waals surface area contributed by atoms with Crippen molar-refractivity contribution in [3.63, 3.8) is 0 Å². The van der Waals surface area contributed by atoms with E-state index in [0.717, 1.165) is 30.6 Å². The molecule has 1 aromatic heterocycles. The van der Waals surface area contributed by atoms with Gasteiger partial charge in [-0.1, -0.05) is 13.3 Å². The SMILES string of the molecule is CCC1CCCN(S(=O)(=O)c2ccc(CC(=O)O)s2)C1. The van der Waals surface area contributed by atoms with E-state index in [1.54, 1.807) is 10.4 Å². The maximum atomic E-state index is 12.5. The van der Waals surface area contributed by atoms with Gasteiger partial charge in [-0.25, -0.2) is 8.42 Å². The summed E-state index contributed by atoms with van der Waals surface area (Å²) in [5, 5.41) is 8.74. The van der Waals surface area contributed by atoms with E-state index in [9.17, 15) is 13.2 Å². The predicted octanol–water partition coefficient (Wildman–Crippen LogP) is 2.19. The van der Waals surface area contributed by atoms with Gasteiger partial charge >= 0.3 is 5.97 Å². The number of carbonyl (C=O) groups is 1. The van der Waals surface area contributed by atoms with Crippen LogP contribution in [0, 0.1) is 5.92 Å². The molecule has 1 aliphatic heterocycles. The molecule has 0 saturated carbocycles. The number of hydrogen-bond acceptors (Lipinski definition) is 4. The first-order valence-electron chi connectivity index (χ1n) is 6.74. The van der Waals surface area contributed by atoms with Crippen LogP contribution in [0.15, 0.2) is 16.3 Å². The molecule has 0 radical (unpaired) electrons. The fourth-order valence-corrected chi connectivity index (χ4v) is 5.50. The van der Waals surface area contributed by atoms with Gasteiger partial charge in [0.15, 0.2) is 0 Å². The second-order valence-corrected chi connectivity index (χ2v) is 8.40. The average molecular weight is 317 g/mol. The summed E-state index contributed by atoms with van der Waals surface area (Å²) >= 11 is 1.06. The highest BCUT2D eigenvalue weighted by molar-refractivity contribution is 7.91. The van der Waals surface area contributed by atoms with Gasteiger partial charge in [-0.2, -0.15) is 4.31 Å². The Morgan fingerprint density at radius 1 is 1.50 bits per heavy atom. The van der Waals surface area contributed by atoms with Gasteiger partial charge in [0.25, 0.3) is 10.0 Å². The van der Waals surface area contributed by atoms with Gasteiger partial charge in [-0.15, -0.1) is 11.3 Å². The van der Waals surface area contributed by atoms with Crippen molar-refractivity contribution in [2.24, 2.45) is 5.92 Å². The van der Waals surface area contributed by atoms with Gasteiger partial charge in [0.2, 0.25) is 0 Å². The molecule has 1 atom stereocenters. The van der Waals surface area contributed by atoms with Crippen molar-refractivity contribution < 1.29 is 18.3 Å². The fourth-order valence-electron chi connectivity index (χ4n) is 2.45. The minimum atomic E-state index is -3.46. The fraction of sp³-hybridized carbons (Fsp3) is 0.615. The molecule has 2 heterocycles. The summed E-state index contributed by atoms with van der Waals surface area (Å²) in [6.07, 6.45) is 2.83. The highest BCUT2D eigenvalue weighted by atomic mass is 32.2. The molecule has 0 aromatic carbocycles. The van der Waals surface area contributed by atoms with Crippen LogP contribution < -0.4 is 0 Å². The first-order valence-corrected chi connectivity index (χ1v) is 8.99. The number of carboxylic acid groups (broad SMARTS) is 1. The van der Waals surface area contributed by atoms with Gasteiger partial charge in [0.05, 0.1) is 6.42 Å². The highest BCUT2D eigenvalue weighted by Crippen LogP contribution is 2.29. The minimum Gasteiger partial charge on any atom is -0.481 e. The summed E-state index contributed by atoms with van der Waals surface area (Å²) in [7, 11) is -3.46. The number of sulfonamides is 1. The molecule has 0 amide bonds. The number of carboxylic acids is 1. The van der Waals surface area contributed by atoms with Crippen molar-refractivity contribution in [1.29, 1.82) is 0 Å². The van der Waals surface area contributed by atoms with E-state index < -0.39 is 16.0 Å². The lowest BCUT2D eigenvalue weighted by Crippen LogP contribution is -2.39. The Kier molecular flexibility index (Phi) is 4.82. The van der Waals surface area contributed by atoms with Crippen molar-refractivity contribution in [1.82, 2.24) is 4.31 Å². The van der Waals surface area contributed by atoms with E-state index in [0.29, 0.717) is 23.9 Å². The lowest BCUT2D eigenvalue weighted by Gasteiger charge is -2.30. The predicted molar refractivity (Wildman–Crippen MR) is 77.4 cm³/mol. The molecule has 5 nitrogen and oxygen atoms in total. The lowest BCUT2D eigenvalue weighted by atomic mass is 9.97. The van der Waals surface area contributed by atoms with Crippen LogP contribution >= 0.6 is 11.3 Å². The number of piperidine rings is 1. The third-order valence-electron chi connectivity index (χ3n) is 3.62. The molecule has 20 heavy (non-hydrogen) atoms. The highest BCUT2D eigenvalue weighted by Gasteiger charge is 2.30. The molecular formula is C13H19NO4S2. The number of rotatable bonds is 5. The zero-order valence-corrected chi connectivity index (χ0v) is 13.0. The van der Waals surface area contributed by atoms with Crippen LogP contribution in [0.4, 0.5) is 0 Å². The smallest absolute Gasteiger partial charge is 0.308 e. The van der Waals surface area contributed by atoms with Crippen LogP contribution in [0.2, 0.25) is 0 Å².